The summed E-state index contributed by atoms with van der Waals surface area (Å²) in [6.07, 6.45) is 2.50. The second-order valence-electron chi connectivity index (χ2n) is 7.02. The first-order valence-corrected chi connectivity index (χ1v) is 9.40. The maximum atomic E-state index is 12.6. The molecule has 142 valence electrons. The molecule has 0 aromatic heterocycles. The second kappa shape index (κ2) is 8.16. The molecule has 2 aliphatic heterocycles. The first kappa shape index (κ1) is 18.8. The first-order valence-electron chi connectivity index (χ1n) is 9.02. The van der Waals surface area contributed by atoms with Crippen LogP contribution in [0.4, 0.5) is 0 Å². The molecule has 2 aliphatic rings. The van der Waals surface area contributed by atoms with Gasteiger partial charge in [-0.25, -0.2) is 0 Å². The topological polar surface area (TPSA) is 59.1 Å². The second-order valence-corrected chi connectivity index (χ2v) is 7.43. The summed E-state index contributed by atoms with van der Waals surface area (Å²) in [6, 6.07) is 3.61. The molecule has 0 atom stereocenters. The van der Waals surface area contributed by atoms with E-state index in [-0.39, 0.29) is 24.2 Å². The van der Waals surface area contributed by atoms with Crippen molar-refractivity contribution in [2.24, 2.45) is 5.92 Å². The number of ether oxygens (including phenoxy) is 2. The van der Waals surface area contributed by atoms with E-state index in [1.165, 1.54) is 0 Å². The van der Waals surface area contributed by atoms with Crippen molar-refractivity contribution >= 4 is 23.4 Å². The molecule has 0 saturated carbocycles. The summed E-state index contributed by atoms with van der Waals surface area (Å²) in [5.74, 6) is 1.37. The summed E-state index contributed by atoms with van der Waals surface area (Å²) in [6.45, 7) is 2.38. The zero-order valence-corrected chi connectivity index (χ0v) is 16.1. The van der Waals surface area contributed by atoms with Crippen LogP contribution in [-0.2, 0) is 16.0 Å². The molecule has 0 spiro atoms. The van der Waals surface area contributed by atoms with Crippen molar-refractivity contribution in [3.8, 4) is 11.5 Å². The Balaban J connectivity index is 1.61. The summed E-state index contributed by atoms with van der Waals surface area (Å²) in [4.78, 5) is 28.1. The number of carbonyl (C=O) groups excluding carboxylic acids is 2. The van der Waals surface area contributed by atoms with Crippen molar-refractivity contribution in [1.82, 2.24) is 9.80 Å². The number of fused-ring (bicyclic) bond motifs is 1. The van der Waals surface area contributed by atoms with Gasteiger partial charge in [0.15, 0.2) is 11.5 Å². The minimum absolute atomic E-state index is 0.0153. The molecule has 1 aromatic carbocycles. The van der Waals surface area contributed by atoms with Crippen molar-refractivity contribution < 1.29 is 19.1 Å². The zero-order chi connectivity index (χ0) is 18.7. The van der Waals surface area contributed by atoms with E-state index in [0.29, 0.717) is 55.7 Å². The van der Waals surface area contributed by atoms with Gasteiger partial charge in [0.2, 0.25) is 11.8 Å². The average Bonchev–Trinajstić information content (AvgIpc) is 2.87. The number of piperidine rings is 1. The smallest absolute Gasteiger partial charge is 0.226 e. The minimum Gasteiger partial charge on any atom is -0.489 e. The molecule has 2 heterocycles. The molecule has 7 heteroatoms. The largest absolute Gasteiger partial charge is 0.489 e. The third-order valence-corrected chi connectivity index (χ3v) is 5.14. The van der Waals surface area contributed by atoms with Crippen LogP contribution in [0.1, 0.15) is 24.8 Å². The van der Waals surface area contributed by atoms with E-state index in [0.717, 1.165) is 12.0 Å². The van der Waals surface area contributed by atoms with Crippen molar-refractivity contribution in [3.05, 3.63) is 22.7 Å². The monoisotopic (exact) mass is 380 g/mol. The fraction of sp³-hybridized carbons (Fsp3) is 0.579. The highest BCUT2D eigenvalue weighted by Crippen LogP contribution is 2.38. The Morgan fingerprint density at radius 2 is 1.88 bits per heavy atom. The van der Waals surface area contributed by atoms with Gasteiger partial charge in [0.25, 0.3) is 0 Å². The zero-order valence-electron chi connectivity index (χ0n) is 15.3. The van der Waals surface area contributed by atoms with Crippen LogP contribution in [0.5, 0.6) is 11.5 Å². The number of hydrogen-bond acceptors (Lipinski definition) is 4. The van der Waals surface area contributed by atoms with Crippen LogP contribution >= 0.6 is 11.6 Å². The number of rotatable bonds is 3. The van der Waals surface area contributed by atoms with E-state index in [2.05, 4.69) is 0 Å². The summed E-state index contributed by atoms with van der Waals surface area (Å²) < 4.78 is 11.3. The first-order chi connectivity index (χ1) is 12.5. The van der Waals surface area contributed by atoms with Crippen molar-refractivity contribution in [3.63, 3.8) is 0 Å². The fourth-order valence-electron chi connectivity index (χ4n) is 3.41. The van der Waals surface area contributed by atoms with Crippen molar-refractivity contribution in [2.45, 2.75) is 25.7 Å². The molecule has 0 unspecified atom stereocenters. The molecule has 2 amide bonds. The Kier molecular flexibility index (Phi) is 5.91. The van der Waals surface area contributed by atoms with Gasteiger partial charge in [0.05, 0.1) is 24.7 Å². The number of amides is 2. The van der Waals surface area contributed by atoms with Crippen LogP contribution in [0, 0.1) is 5.92 Å². The maximum Gasteiger partial charge on any atom is 0.226 e. The van der Waals surface area contributed by atoms with E-state index in [9.17, 15) is 9.59 Å². The minimum atomic E-state index is 0.0153. The highest BCUT2D eigenvalue weighted by molar-refractivity contribution is 6.32. The third kappa shape index (κ3) is 4.23. The van der Waals surface area contributed by atoms with Gasteiger partial charge in [0, 0.05) is 39.5 Å². The molecule has 0 N–H and O–H groups in total. The van der Waals surface area contributed by atoms with Gasteiger partial charge in [0.1, 0.15) is 0 Å². The number of carbonyl (C=O) groups is 2. The normalized spacial score (nSPS) is 17.6. The lowest BCUT2D eigenvalue weighted by atomic mass is 9.95. The number of halogens is 1. The Morgan fingerprint density at radius 3 is 2.58 bits per heavy atom. The molecule has 6 nitrogen and oxygen atoms in total. The van der Waals surface area contributed by atoms with E-state index in [1.54, 1.807) is 25.1 Å². The summed E-state index contributed by atoms with van der Waals surface area (Å²) in [5.41, 5.74) is 0.816. The number of hydrogen-bond donors (Lipinski definition) is 0. The van der Waals surface area contributed by atoms with Crippen LogP contribution in [0.15, 0.2) is 12.1 Å². The van der Waals surface area contributed by atoms with Gasteiger partial charge < -0.3 is 19.3 Å². The molecular weight excluding hydrogens is 356 g/mol. The lowest BCUT2D eigenvalue weighted by molar-refractivity contribution is -0.138. The Hall–Kier alpha value is -1.95. The van der Waals surface area contributed by atoms with E-state index < -0.39 is 0 Å². The predicted octanol–water partition coefficient (Wildman–Crippen LogP) is 2.37. The van der Waals surface area contributed by atoms with Gasteiger partial charge in [-0.15, -0.1) is 0 Å². The molecular formula is C19H25ClN2O4. The van der Waals surface area contributed by atoms with Crippen LogP contribution in [0.2, 0.25) is 5.02 Å². The van der Waals surface area contributed by atoms with Crippen LogP contribution < -0.4 is 9.47 Å². The highest BCUT2D eigenvalue weighted by Gasteiger charge is 2.28. The third-order valence-electron chi connectivity index (χ3n) is 4.85. The number of benzene rings is 1. The maximum absolute atomic E-state index is 12.6. The standard InChI is InChI=1S/C19H25ClN2O4/c1-21(2)19(24)14-4-6-22(7-5-14)17(23)12-13-10-15(20)18-16(11-13)25-8-3-9-26-18/h10-11,14H,3-9,12H2,1-2H3. The number of likely N-dealkylation sites (tertiary alicyclic amines) is 1. The van der Waals surface area contributed by atoms with E-state index in [4.69, 9.17) is 21.1 Å². The highest BCUT2D eigenvalue weighted by atomic mass is 35.5. The van der Waals surface area contributed by atoms with Crippen LogP contribution in [0.25, 0.3) is 0 Å². The van der Waals surface area contributed by atoms with Crippen LogP contribution in [0.3, 0.4) is 0 Å². The molecule has 0 bridgehead atoms. The Labute approximate surface area is 159 Å². The van der Waals surface area contributed by atoms with Gasteiger partial charge in [-0.3, -0.25) is 9.59 Å². The van der Waals surface area contributed by atoms with Crippen molar-refractivity contribution in [1.29, 1.82) is 0 Å². The molecule has 0 radical (unpaired) electrons. The van der Waals surface area contributed by atoms with E-state index in [1.807, 2.05) is 11.0 Å². The van der Waals surface area contributed by atoms with Gasteiger partial charge in [-0.05, 0) is 30.5 Å². The van der Waals surface area contributed by atoms with Gasteiger partial charge >= 0.3 is 0 Å². The summed E-state index contributed by atoms with van der Waals surface area (Å²) in [7, 11) is 3.54. The van der Waals surface area contributed by atoms with Crippen LogP contribution in [-0.4, -0.2) is 62.0 Å². The number of nitrogens with zero attached hydrogens (tertiary/aromatic N) is 2. The SMILES string of the molecule is CN(C)C(=O)C1CCN(C(=O)Cc2cc(Cl)c3c(c2)OCCCO3)CC1. The average molecular weight is 381 g/mol. The molecule has 26 heavy (non-hydrogen) atoms. The lowest BCUT2D eigenvalue weighted by Gasteiger charge is -2.32. The van der Waals surface area contributed by atoms with Crippen molar-refractivity contribution in [2.75, 3.05) is 40.4 Å². The Morgan fingerprint density at radius 1 is 1.19 bits per heavy atom. The fourth-order valence-corrected chi connectivity index (χ4v) is 3.70. The summed E-state index contributed by atoms with van der Waals surface area (Å²) >= 11 is 6.30. The quantitative estimate of drug-likeness (QED) is 0.807. The predicted molar refractivity (Wildman–Crippen MR) is 98.8 cm³/mol. The van der Waals surface area contributed by atoms with Gasteiger partial charge in [-0.2, -0.15) is 0 Å². The Bertz CT molecular complexity index is 684. The van der Waals surface area contributed by atoms with Gasteiger partial charge in [-0.1, -0.05) is 11.6 Å². The molecule has 3 rings (SSSR count). The summed E-state index contributed by atoms with van der Waals surface area (Å²) in [5, 5.41) is 0.475. The molecule has 1 saturated heterocycles. The molecule has 1 aromatic rings. The lowest BCUT2D eigenvalue weighted by Crippen LogP contribution is -2.43. The molecule has 0 aliphatic carbocycles. The molecule has 1 fully saturated rings. The van der Waals surface area contributed by atoms with E-state index >= 15 is 0 Å².